The summed E-state index contributed by atoms with van der Waals surface area (Å²) >= 11 is 1.49. The smallest absolute Gasteiger partial charge is 0.271 e. The summed E-state index contributed by atoms with van der Waals surface area (Å²) in [6, 6.07) is 30.7. The molecule has 2 aliphatic rings. The number of allylic oxidation sites excluding steroid dienone is 2. The molecule has 0 amide bonds. The van der Waals surface area contributed by atoms with Crippen molar-refractivity contribution in [1.82, 2.24) is 4.57 Å². The monoisotopic (exact) mass is 460 g/mol. The van der Waals surface area contributed by atoms with Gasteiger partial charge in [-0.1, -0.05) is 102 Å². The van der Waals surface area contributed by atoms with Gasteiger partial charge in [-0.15, -0.1) is 0 Å². The predicted octanol–water partition coefficient (Wildman–Crippen LogP) is 5.48. The van der Waals surface area contributed by atoms with Crippen LogP contribution >= 0.6 is 11.3 Å². The zero-order valence-corrected chi connectivity index (χ0v) is 19.5. The minimum atomic E-state index is -0.121. The Kier molecular flexibility index (Phi) is 5.44. The zero-order chi connectivity index (χ0) is 22.9. The van der Waals surface area contributed by atoms with Gasteiger partial charge in [0.2, 0.25) is 0 Å². The Morgan fingerprint density at radius 3 is 2.09 bits per heavy atom. The van der Waals surface area contributed by atoms with Crippen molar-refractivity contribution in [2.45, 2.75) is 25.3 Å². The van der Waals surface area contributed by atoms with E-state index in [9.17, 15) is 4.79 Å². The van der Waals surface area contributed by atoms with Crippen LogP contribution in [0.3, 0.4) is 0 Å². The van der Waals surface area contributed by atoms with E-state index in [-0.39, 0.29) is 11.6 Å². The highest BCUT2D eigenvalue weighted by molar-refractivity contribution is 7.07. The van der Waals surface area contributed by atoms with Gasteiger partial charge in [-0.2, -0.15) is 0 Å². The number of rotatable bonds is 3. The standard InChI is InChI=1S/C30H24N2OS/c33-29-26(20-22-13-6-2-7-14-22)34-30-31-27-24(19-21-11-4-1-5-12-21)17-10-18-25(27)28(32(29)30)23-15-8-3-9-16-23/h1-9,11-16,19-20,28H,10,17-18H2/b24-19+,26-20-/t28-/m1/s1. The van der Waals surface area contributed by atoms with Gasteiger partial charge in [-0.25, -0.2) is 4.99 Å². The first-order valence-corrected chi connectivity index (χ1v) is 12.5. The molecule has 6 rings (SSSR count). The van der Waals surface area contributed by atoms with Gasteiger partial charge in [0.05, 0.1) is 16.3 Å². The quantitative estimate of drug-likeness (QED) is 0.398. The Hall–Kier alpha value is -3.76. The normalized spacial score (nSPS) is 19.0. The molecule has 3 aromatic carbocycles. The highest BCUT2D eigenvalue weighted by atomic mass is 32.1. The number of benzene rings is 3. The maximum atomic E-state index is 13.7. The summed E-state index contributed by atoms with van der Waals surface area (Å²) in [7, 11) is 0. The van der Waals surface area contributed by atoms with Crippen molar-refractivity contribution in [3.63, 3.8) is 0 Å². The van der Waals surface area contributed by atoms with Crippen molar-refractivity contribution in [3.05, 3.63) is 144 Å². The molecule has 1 atom stereocenters. The molecule has 1 aliphatic carbocycles. The Bertz CT molecular complexity index is 1580. The van der Waals surface area contributed by atoms with Gasteiger partial charge in [-0.3, -0.25) is 9.36 Å². The predicted molar refractivity (Wildman–Crippen MR) is 139 cm³/mol. The molecule has 1 aliphatic heterocycles. The second kappa shape index (κ2) is 8.88. The summed E-state index contributed by atoms with van der Waals surface area (Å²) in [5.74, 6) is 0. The van der Waals surface area contributed by atoms with E-state index in [1.165, 1.54) is 28.0 Å². The fourth-order valence-electron chi connectivity index (χ4n) is 4.94. The van der Waals surface area contributed by atoms with E-state index in [1.807, 2.05) is 53.1 Å². The largest absolute Gasteiger partial charge is 0.272 e. The van der Waals surface area contributed by atoms with Crippen LogP contribution in [0.25, 0.3) is 12.2 Å². The summed E-state index contributed by atoms with van der Waals surface area (Å²) in [6.45, 7) is 0. The highest BCUT2D eigenvalue weighted by Crippen LogP contribution is 2.40. The second-order valence-electron chi connectivity index (χ2n) is 8.71. The molecule has 0 radical (unpaired) electrons. The van der Waals surface area contributed by atoms with Gasteiger partial charge in [-0.05, 0) is 59.3 Å². The molecule has 0 saturated heterocycles. The molecule has 4 heteroatoms. The Morgan fingerprint density at radius 1 is 0.794 bits per heavy atom. The van der Waals surface area contributed by atoms with E-state index in [4.69, 9.17) is 4.99 Å². The van der Waals surface area contributed by atoms with Gasteiger partial charge in [0, 0.05) is 0 Å². The maximum Gasteiger partial charge on any atom is 0.271 e. The van der Waals surface area contributed by atoms with E-state index in [0.29, 0.717) is 0 Å². The number of hydrogen-bond donors (Lipinski definition) is 0. The minimum Gasteiger partial charge on any atom is -0.272 e. The maximum absolute atomic E-state index is 13.7. The lowest BCUT2D eigenvalue weighted by Gasteiger charge is -2.31. The summed E-state index contributed by atoms with van der Waals surface area (Å²) in [5, 5.41) is 0. The second-order valence-corrected chi connectivity index (χ2v) is 9.72. The fourth-order valence-corrected chi connectivity index (χ4v) is 5.94. The van der Waals surface area contributed by atoms with Crippen LogP contribution in [0.1, 0.15) is 42.0 Å². The van der Waals surface area contributed by atoms with E-state index >= 15 is 0 Å². The average molecular weight is 461 g/mol. The molecule has 0 N–H and O–H groups in total. The van der Waals surface area contributed by atoms with Gasteiger partial charge >= 0.3 is 0 Å². The van der Waals surface area contributed by atoms with Crippen LogP contribution in [0.2, 0.25) is 0 Å². The first-order chi connectivity index (χ1) is 16.8. The van der Waals surface area contributed by atoms with E-state index < -0.39 is 0 Å². The third-order valence-corrected chi connectivity index (χ3v) is 7.47. The fraction of sp³-hybridized carbons (Fsp3) is 0.133. The summed E-state index contributed by atoms with van der Waals surface area (Å²) in [4.78, 5) is 19.6. The first kappa shape index (κ1) is 20.8. The van der Waals surface area contributed by atoms with Crippen LogP contribution in [0.15, 0.2) is 118 Å². The summed E-state index contributed by atoms with van der Waals surface area (Å²) in [6.07, 6.45) is 7.25. The topological polar surface area (TPSA) is 34.4 Å². The molecule has 1 aromatic heterocycles. The molecule has 2 heterocycles. The Morgan fingerprint density at radius 2 is 1.41 bits per heavy atom. The van der Waals surface area contributed by atoms with E-state index in [0.717, 1.165) is 45.4 Å². The van der Waals surface area contributed by atoms with Crippen LogP contribution in [-0.4, -0.2) is 4.57 Å². The molecular weight excluding hydrogens is 436 g/mol. The number of hydrogen-bond acceptors (Lipinski definition) is 3. The zero-order valence-electron chi connectivity index (χ0n) is 18.7. The van der Waals surface area contributed by atoms with E-state index in [2.05, 4.69) is 54.6 Å². The molecule has 0 fully saturated rings. The number of nitrogens with zero attached hydrogens (tertiary/aromatic N) is 2. The molecule has 34 heavy (non-hydrogen) atoms. The van der Waals surface area contributed by atoms with Crippen molar-refractivity contribution in [3.8, 4) is 0 Å². The van der Waals surface area contributed by atoms with Crippen LogP contribution in [0.4, 0.5) is 0 Å². The molecule has 0 spiro atoms. The molecular formula is C30H24N2OS. The van der Waals surface area contributed by atoms with Gasteiger partial charge in [0.1, 0.15) is 0 Å². The molecule has 166 valence electrons. The lowest BCUT2D eigenvalue weighted by Crippen LogP contribution is -2.39. The van der Waals surface area contributed by atoms with Gasteiger partial charge < -0.3 is 0 Å². The number of thiazole rings is 1. The third-order valence-electron chi connectivity index (χ3n) is 6.49. The SMILES string of the molecule is O=c1/c(=C/c2ccccc2)sc2n1[C@H](c1ccccc1)C1=C(N=2)/C(=C/c2ccccc2)CCC1. The average Bonchev–Trinajstić information content (AvgIpc) is 3.19. The van der Waals surface area contributed by atoms with Crippen molar-refractivity contribution in [2.75, 3.05) is 0 Å². The molecule has 0 unspecified atom stereocenters. The highest BCUT2D eigenvalue weighted by Gasteiger charge is 2.32. The molecule has 0 bridgehead atoms. The van der Waals surface area contributed by atoms with Crippen LogP contribution in [0.5, 0.6) is 0 Å². The number of aromatic nitrogens is 1. The van der Waals surface area contributed by atoms with Gasteiger partial charge in [0.15, 0.2) is 4.80 Å². The van der Waals surface area contributed by atoms with Crippen molar-refractivity contribution in [1.29, 1.82) is 0 Å². The Labute approximate surface area is 202 Å². The molecule has 0 saturated carbocycles. The minimum absolute atomic E-state index is 0.0344. The van der Waals surface area contributed by atoms with Crippen molar-refractivity contribution >= 4 is 23.5 Å². The Balaban J connectivity index is 1.59. The van der Waals surface area contributed by atoms with Crippen LogP contribution in [-0.2, 0) is 0 Å². The lowest BCUT2D eigenvalue weighted by molar-refractivity contribution is 0.553. The summed E-state index contributed by atoms with van der Waals surface area (Å²) < 4.78 is 2.64. The molecule has 3 nitrogen and oxygen atoms in total. The third kappa shape index (κ3) is 3.80. The van der Waals surface area contributed by atoms with Crippen molar-refractivity contribution in [2.24, 2.45) is 4.99 Å². The van der Waals surface area contributed by atoms with Crippen LogP contribution < -0.4 is 14.9 Å². The molecule has 4 aromatic rings. The van der Waals surface area contributed by atoms with Gasteiger partial charge in [0.25, 0.3) is 5.56 Å². The summed E-state index contributed by atoms with van der Waals surface area (Å²) in [5.41, 5.74) is 6.96. The first-order valence-electron chi connectivity index (χ1n) is 11.7. The number of fused-ring (bicyclic) bond motifs is 1. The van der Waals surface area contributed by atoms with E-state index in [1.54, 1.807) is 0 Å². The van der Waals surface area contributed by atoms with Crippen molar-refractivity contribution < 1.29 is 0 Å². The lowest BCUT2D eigenvalue weighted by atomic mass is 9.84. The van der Waals surface area contributed by atoms with Crippen LogP contribution in [0, 0.1) is 0 Å².